The Labute approximate surface area is 191 Å². The molecule has 172 valence electrons. The van der Waals surface area contributed by atoms with Crippen LogP contribution in [0, 0.1) is 5.92 Å². The molecule has 0 spiro atoms. The van der Waals surface area contributed by atoms with Crippen molar-refractivity contribution in [1.29, 1.82) is 0 Å². The smallest absolute Gasteiger partial charge is 0.256 e. The Hall–Kier alpha value is -3.69. The van der Waals surface area contributed by atoms with Gasteiger partial charge in [0.2, 0.25) is 11.8 Å². The van der Waals surface area contributed by atoms with Gasteiger partial charge in [-0.25, -0.2) is 4.98 Å². The van der Waals surface area contributed by atoms with E-state index in [1.54, 1.807) is 17.2 Å². The summed E-state index contributed by atoms with van der Waals surface area (Å²) < 4.78 is 5.82. The number of primary amides is 1. The Balaban J connectivity index is 1.41. The lowest BCUT2D eigenvalue weighted by atomic mass is 10.1. The number of anilines is 1. The molecule has 5 rings (SSSR count). The van der Waals surface area contributed by atoms with E-state index in [0.717, 1.165) is 18.5 Å². The Kier molecular flexibility index (Phi) is 5.35. The monoisotopic (exact) mass is 450 g/mol. The Bertz CT molecular complexity index is 1110. The van der Waals surface area contributed by atoms with E-state index in [0.29, 0.717) is 55.6 Å². The van der Waals surface area contributed by atoms with E-state index in [4.69, 9.17) is 10.5 Å². The van der Waals surface area contributed by atoms with Gasteiger partial charge in [-0.2, -0.15) is 0 Å². The SMILES string of the molecule is CC1CCN=C2C=C(N3CCOc4cc(C(=O)N5CCC[C@H]5C(N)=O)cnc43)C=CN2C1=O. The lowest BCUT2D eigenvalue weighted by molar-refractivity contribution is -0.129. The summed E-state index contributed by atoms with van der Waals surface area (Å²) in [6.45, 7) is 3.99. The zero-order chi connectivity index (χ0) is 23.1. The van der Waals surface area contributed by atoms with Crippen molar-refractivity contribution >= 4 is 29.4 Å². The normalized spacial score (nSPS) is 24.4. The molecule has 2 atom stereocenters. The van der Waals surface area contributed by atoms with Crippen LogP contribution in [0.3, 0.4) is 0 Å². The maximum Gasteiger partial charge on any atom is 0.256 e. The van der Waals surface area contributed by atoms with Gasteiger partial charge >= 0.3 is 0 Å². The molecule has 10 nitrogen and oxygen atoms in total. The molecule has 0 aromatic carbocycles. The number of carbonyl (C=O) groups excluding carboxylic acids is 3. The van der Waals surface area contributed by atoms with Gasteiger partial charge < -0.3 is 20.3 Å². The summed E-state index contributed by atoms with van der Waals surface area (Å²) in [5, 5.41) is 0. The summed E-state index contributed by atoms with van der Waals surface area (Å²) in [6, 6.07) is 1.08. The topological polar surface area (TPSA) is 121 Å². The van der Waals surface area contributed by atoms with Gasteiger partial charge in [0.25, 0.3) is 5.91 Å². The summed E-state index contributed by atoms with van der Waals surface area (Å²) >= 11 is 0. The zero-order valence-corrected chi connectivity index (χ0v) is 18.4. The van der Waals surface area contributed by atoms with Crippen molar-refractivity contribution in [2.45, 2.75) is 32.2 Å². The van der Waals surface area contributed by atoms with Gasteiger partial charge in [0.1, 0.15) is 18.5 Å². The van der Waals surface area contributed by atoms with Gasteiger partial charge in [-0.05, 0) is 31.4 Å². The minimum Gasteiger partial charge on any atom is -0.488 e. The van der Waals surface area contributed by atoms with Gasteiger partial charge in [-0.3, -0.25) is 24.3 Å². The number of aromatic nitrogens is 1. The number of hydrogen-bond donors (Lipinski definition) is 1. The molecule has 2 N–H and O–H groups in total. The second kappa shape index (κ2) is 8.34. The molecule has 10 heteroatoms. The van der Waals surface area contributed by atoms with Gasteiger partial charge in [-0.1, -0.05) is 6.92 Å². The van der Waals surface area contributed by atoms with Crippen molar-refractivity contribution in [3.05, 3.63) is 41.9 Å². The standard InChI is InChI=1S/C23H26N6O4/c1-14-4-6-25-19-12-16(5-8-29(19)22(14)31)27-9-10-33-18-11-15(13-26-21(18)27)23(32)28-7-2-3-17(28)20(24)30/h5,8,11-14,17H,2-4,6-7,9-10H2,1H3,(H2,24,30)/t14?,17-/m0/s1. The predicted molar refractivity (Wildman–Crippen MR) is 120 cm³/mol. The van der Waals surface area contributed by atoms with Crippen LogP contribution in [0.25, 0.3) is 0 Å². The zero-order valence-electron chi connectivity index (χ0n) is 18.4. The molecule has 0 radical (unpaired) electrons. The van der Waals surface area contributed by atoms with Crippen LogP contribution in [-0.4, -0.2) is 70.6 Å². The number of likely N-dealkylation sites (tertiary alicyclic amines) is 1. The Morgan fingerprint density at radius 3 is 2.91 bits per heavy atom. The molecule has 0 aliphatic carbocycles. The number of amides is 3. The molecule has 0 bridgehead atoms. The third-order valence-corrected chi connectivity index (χ3v) is 6.47. The fourth-order valence-corrected chi connectivity index (χ4v) is 4.63. The maximum atomic E-state index is 13.0. The van der Waals surface area contributed by atoms with Crippen molar-refractivity contribution in [3.63, 3.8) is 0 Å². The van der Waals surface area contributed by atoms with Crippen molar-refractivity contribution < 1.29 is 19.1 Å². The molecular weight excluding hydrogens is 424 g/mol. The first kappa shape index (κ1) is 21.2. The third-order valence-electron chi connectivity index (χ3n) is 6.47. The number of amidine groups is 1. The fourth-order valence-electron chi connectivity index (χ4n) is 4.63. The molecule has 3 amide bonds. The van der Waals surface area contributed by atoms with E-state index < -0.39 is 11.9 Å². The van der Waals surface area contributed by atoms with E-state index in [-0.39, 0.29) is 17.7 Å². The molecule has 4 aliphatic heterocycles. The highest BCUT2D eigenvalue weighted by Crippen LogP contribution is 2.34. The van der Waals surface area contributed by atoms with Crippen molar-refractivity contribution in [2.24, 2.45) is 16.6 Å². The molecule has 5 heterocycles. The van der Waals surface area contributed by atoms with Crippen LogP contribution in [-0.2, 0) is 9.59 Å². The molecule has 1 aromatic rings. The van der Waals surface area contributed by atoms with Crippen LogP contribution in [0.1, 0.15) is 36.5 Å². The van der Waals surface area contributed by atoms with Gasteiger partial charge in [0.15, 0.2) is 11.6 Å². The number of hydrogen-bond acceptors (Lipinski definition) is 7. The highest BCUT2D eigenvalue weighted by atomic mass is 16.5. The number of rotatable bonds is 3. The minimum absolute atomic E-state index is 0.0395. The van der Waals surface area contributed by atoms with E-state index in [1.165, 1.54) is 11.1 Å². The van der Waals surface area contributed by atoms with Crippen LogP contribution < -0.4 is 15.4 Å². The summed E-state index contributed by atoms with van der Waals surface area (Å²) in [4.78, 5) is 51.5. The quantitative estimate of drug-likeness (QED) is 0.735. The van der Waals surface area contributed by atoms with Crippen LogP contribution in [0.4, 0.5) is 5.82 Å². The second-order valence-electron chi connectivity index (χ2n) is 8.63. The molecular formula is C23H26N6O4. The Morgan fingerprint density at radius 2 is 2.09 bits per heavy atom. The number of carbonyl (C=O) groups is 3. The first-order valence-electron chi connectivity index (χ1n) is 11.2. The highest BCUT2D eigenvalue weighted by molar-refractivity contribution is 6.08. The maximum absolute atomic E-state index is 13.0. The Morgan fingerprint density at radius 1 is 1.24 bits per heavy atom. The molecule has 1 unspecified atom stereocenters. The minimum atomic E-state index is -0.586. The molecule has 1 aromatic heterocycles. The number of nitrogens with two attached hydrogens (primary N) is 1. The second-order valence-corrected chi connectivity index (χ2v) is 8.63. The number of aliphatic imine (C=N–C) groups is 1. The molecule has 4 aliphatic rings. The number of nitrogens with zero attached hydrogens (tertiary/aromatic N) is 5. The number of allylic oxidation sites excluding steroid dienone is 1. The van der Waals surface area contributed by atoms with E-state index in [9.17, 15) is 14.4 Å². The molecule has 1 saturated heterocycles. The first-order valence-corrected chi connectivity index (χ1v) is 11.2. The molecule has 1 fully saturated rings. The number of pyridine rings is 1. The van der Waals surface area contributed by atoms with Crippen molar-refractivity contribution in [1.82, 2.24) is 14.8 Å². The average molecular weight is 450 g/mol. The van der Waals surface area contributed by atoms with E-state index in [1.807, 2.05) is 24.0 Å². The largest absolute Gasteiger partial charge is 0.488 e. The molecule has 33 heavy (non-hydrogen) atoms. The molecule has 0 saturated carbocycles. The van der Waals surface area contributed by atoms with Crippen LogP contribution in [0.15, 0.2) is 41.3 Å². The van der Waals surface area contributed by atoms with E-state index >= 15 is 0 Å². The summed E-state index contributed by atoms with van der Waals surface area (Å²) in [5.41, 5.74) is 6.66. The van der Waals surface area contributed by atoms with Crippen molar-refractivity contribution in [3.8, 4) is 5.75 Å². The van der Waals surface area contributed by atoms with Crippen molar-refractivity contribution in [2.75, 3.05) is 31.1 Å². The van der Waals surface area contributed by atoms with E-state index in [2.05, 4.69) is 9.98 Å². The van der Waals surface area contributed by atoms with Gasteiger partial charge in [0.05, 0.1) is 12.1 Å². The van der Waals surface area contributed by atoms with Crippen LogP contribution >= 0.6 is 0 Å². The van der Waals surface area contributed by atoms with Gasteiger partial charge in [-0.15, -0.1) is 0 Å². The fraction of sp³-hybridized carbons (Fsp3) is 0.435. The number of fused-ring (bicyclic) bond motifs is 2. The lowest BCUT2D eigenvalue weighted by Crippen LogP contribution is -2.43. The predicted octanol–water partition coefficient (Wildman–Crippen LogP) is 1.05. The number of ether oxygens (including phenoxy) is 1. The first-order chi connectivity index (χ1) is 15.9. The average Bonchev–Trinajstić information content (AvgIpc) is 3.27. The summed E-state index contributed by atoms with van der Waals surface area (Å²) in [5.74, 6) is 0.895. The third kappa shape index (κ3) is 3.75. The highest BCUT2D eigenvalue weighted by Gasteiger charge is 2.34. The summed E-state index contributed by atoms with van der Waals surface area (Å²) in [6.07, 6.45) is 9.05. The lowest BCUT2D eigenvalue weighted by Gasteiger charge is -2.33. The summed E-state index contributed by atoms with van der Waals surface area (Å²) in [7, 11) is 0. The van der Waals surface area contributed by atoms with Gasteiger partial charge in [0, 0.05) is 43.2 Å². The van der Waals surface area contributed by atoms with Crippen LogP contribution in [0.5, 0.6) is 5.75 Å². The van der Waals surface area contributed by atoms with Crippen LogP contribution in [0.2, 0.25) is 0 Å².